The average Bonchev–Trinajstić information content (AvgIpc) is 2.83. The molecule has 0 aromatic heterocycles. The molecule has 5 nitrogen and oxygen atoms in total. The van der Waals surface area contributed by atoms with E-state index in [0.717, 1.165) is 51.6 Å². The first-order chi connectivity index (χ1) is 15.6. The standard InChI is InChI=1S/C26H30BrNO4/c1-4-31-25-15-21(22(27)16-26(25)32-18-20-8-6-5-7-9-20)17-28-13-12-19-10-11-23(29-2)24(14-19)30-3/h5-11,14-16,28H,4,12-13,17-18H2,1-3H3. The van der Waals surface area contributed by atoms with Crippen LogP contribution in [0, 0.1) is 0 Å². The van der Waals surface area contributed by atoms with Crippen molar-refractivity contribution >= 4 is 15.9 Å². The van der Waals surface area contributed by atoms with Crippen molar-refractivity contribution in [2.45, 2.75) is 26.5 Å². The van der Waals surface area contributed by atoms with Crippen LogP contribution in [0.25, 0.3) is 0 Å². The zero-order chi connectivity index (χ0) is 22.8. The molecule has 0 saturated carbocycles. The van der Waals surface area contributed by atoms with Gasteiger partial charge in [-0.05, 0) is 60.8 Å². The molecule has 0 aliphatic carbocycles. The number of hydrogen-bond donors (Lipinski definition) is 1. The Morgan fingerprint density at radius 3 is 2.25 bits per heavy atom. The van der Waals surface area contributed by atoms with E-state index in [2.05, 4.69) is 27.3 Å². The Balaban J connectivity index is 1.59. The molecule has 0 spiro atoms. The number of ether oxygens (including phenoxy) is 4. The highest BCUT2D eigenvalue weighted by molar-refractivity contribution is 9.10. The molecule has 0 amide bonds. The van der Waals surface area contributed by atoms with Gasteiger partial charge in [0.25, 0.3) is 0 Å². The minimum absolute atomic E-state index is 0.496. The number of nitrogens with one attached hydrogen (secondary N) is 1. The van der Waals surface area contributed by atoms with Crippen molar-refractivity contribution < 1.29 is 18.9 Å². The van der Waals surface area contributed by atoms with Crippen molar-refractivity contribution in [2.24, 2.45) is 0 Å². The average molecular weight is 500 g/mol. The summed E-state index contributed by atoms with van der Waals surface area (Å²) in [4.78, 5) is 0. The second-order valence-corrected chi connectivity index (χ2v) is 8.07. The van der Waals surface area contributed by atoms with E-state index in [4.69, 9.17) is 18.9 Å². The van der Waals surface area contributed by atoms with Gasteiger partial charge in [-0.1, -0.05) is 52.3 Å². The molecule has 3 aromatic carbocycles. The number of methoxy groups -OCH3 is 2. The Hall–Kier alpha value is -2.70. The summed E-state index contributed by atoms with van der Waals surface area (Å²) >= 11 is 3.68. The molecule has 32 heavy (non-hydrogen) atoms. The summed E-state index contributed by atoms with van der Waals surface area (Å²) < 4.78 is 23.6. The Morgan fingerprint density at radius 1 is 0.781 bits per heavy atom. The lowest BCUT2D eigenvalue weighted by atomic mass is 10.1. The molecule has 3 aromatic rings. The van der Waals surface area contributed by atoms with Crippen LogP contribution in [0.15, 0.2) is 65.1 Å². The highest BCUT2D eigenvalue weighted by Gasteiger charge is 2.12. The third kappa shape index (κ3) is 6.65. The van der Waals surface area contributed by atoms with Gasteiger partial charge < -0.3 is 24.3 Å². The smallest absolute Gasteiger partial charge is 0.162 e. The van der Waals surface area contributed by atoms with Crippen molar-refractivity contribution in [3.63, 3.8) is 0 Å². The third-order valence-electron chi connectivity index (χ3n) is 5.00. The molecular formula is C26H30BrNO4. The summed E-state index contributed by atoms with van der Waals surface area (Å²) in [5, 5.41) is 3.51. The fourth-order valence-corrected chi connectivity index (χ4v) is 3.78. The molecular weight excluding hydrogens is 470 g/mol. The Labute approximate surface area is 198 Å². The zero-order valence-corrected chi connectivity index (χ0v) is 20.4. The maximum absolute atomic E-state index is 6.04. The highest BCUT2D eigenvalue weighted by Crippen LogP contribution is 2.34. The first-order valence-corrected chi connectivity index (χ1v) is 11.5. The summed E-state index contributed by atoms with van der Waals surface area (Å²) in [5.41, 5.74) is 3.42. The second kappa shape index (κ2) is 12.4. The second-order valence-electron chi connectivity index (χ2n) is 7.21. The number of benzene rings is 3. The van der Waals surface area contributed by atoms with Gasteiger partial charge in [0, 0.05) is 11.0 Å². The van der Waals surface area contributed by atoms with Crippen LogP contribution >= 0.6 is 15.9 Å². The van der Waals surface area contributed by atoms with Crippen LogP contribution in [0.1, 0.15) is 23.6 Å². The topological polar surface area (TPSA) is 49.0 Å². The van der Waals surface area contributed by atoms with Crippen LogP contribution < -0.4 is 24.3 Å². The van der Waals surface area contributed by atoms with Crippen LogP contribution in [0.2, 0.25) is 0 Å². The van der Waals surface area contributed by atoms with Crippen LogP contribution in [0.5, 0.6) is 23.0 Å². The monoisotopic (exact) mass is 499 g/mol. The maximum atomic E-state index is 6.04. The van der Waals surface area contributed by atoms with Crippen LogP contribution in [0.4, 0.5) is 0 Å². The largest absolute Gasteiger partial charge is 0.493 e. The molecule has 0 heterocycles. The van der Waals surface area contributed by atoms with Gasteiger partial charge in [-0.2, -0.15) is 0 Å². The van der Waals surface area contributed by atoms with E-state index < -0.39 is 0 Å². The lowest BCUT2D eigenvalue weighted by Crippen LogP contribution is -2.17. The zero-order valence-electron chi connectivity index (χ0n) is 18.8. The van der Waals surface area contributed by atoms with E-state index in [0.29, 0.717) is 19.8 Å². The lowest BCUT2D eigenvalue weighted by Gasteiger charge is -2.16. The number of rotatable bonds is 12. The third-order valence-corrected chi connectivity index (χ3v) is 5.74. The SMILES string of the molecule is CCOc1cc(CNCCc2ccc(OC)c(OC)c2)c(Br)cc1OCc1ccccc1. The summed E-state index contributed by atoms with van der Waals surface area (Å²) in [6.07, 6.45) is 0.883. The quantitative estimate of drug-likeness (QED) is 0.320. The molecule has 1 N–H and O–H groups in total. The van der Waals surface area contributed by atoms with Crippen molar-refractivity contribution in [1.29, 1.82) is 0 Å². The van der Waals surface area contributed by atoms with E-state index in [1.165, 1.54) is 5.56 Å². The van der Waals surface area contributed by atoms with Gasteiger partial charge >= 0.3 is 0 Å². The van der Waals surface area contributed by atoms with E-state index in [1.807, 2.05) is 61.5 Å². The molecule has 0 atom stereocenters. The van der Waals surface area contributed by atoms with Crippen LogP contribution in [0.3, 0.4) is 0 Å². The summed E-state index contributed by atoms with van der Waals surface area (Å²) in [7, 11) is 3.30. The Kier molecular flexibility index (Phi) is 9.26. The molecule has 3 rings (SSSR count). The van der Waals surface area contributed by atoms with Gasteiger partial charge in [0.2, 0.25) is 0 Å². The molecule has 0 saturated heterocycles. The molecule has 0 bridgehead atoms. The molecule has 170 valence electrons. The molecule has 0 fully saturated rings. The molecule has 0 radical (unpaired) electrons. The molecule has 0 aliphatic rings. The minimum atomic E-state index is 0.496. The van der Waals surface area contributed by atoms with Crippen LogP contribution in [-0.2, 0) is 19.6 Å². The fraction of sp³-hybridized carbons (Fsp3) is 0.308. The fourth-order valence-electron chi connectivity index (χ4n) is 3.32. The van der Waals surface area contributed by atoms with Gasteiger partial charge in [0.05, 0.1) is 20.8 Å². The minimum Gasteiger partial charge on any atom is -0.493 e. The van der Waals surface area contributed by atoms with E-state index in [9.17, 15) is 0 Å². The summed E-state index contributed by atoms with van der Waals surface area (Å²) in [5.74, 6) is 2.98. The summed E-state index contributed by atoms with van der Waals surface area (Å²) in [6.45, 7) is 4.60. The van der Waals surface area contributed by atoms with Gasteiger partial charge in [0.15, 0.2) is 23.0 Å². The van der Waals surface area contributed by atoms with Crippen molar-refractivity contribution in [3.05, 3.63) is 81.8 Å². The van der Waals surface area contributed by atoms with E-state index in [-0.39, 0.29) is 0 Å². The number of halogens is 1. The lowest BCUT2D eigenvalue weighted by molar-refractivity contribution is 0.269. The molecule has 0 aliphatic heterocycles. The normalized spacial score (nSPS) is 10.6. The van der Waals surface area contributed by atoms with E-state index in [1.54, 1.807) is 14.2 Å². The van der Waals surface area contributed by atoms with E-state index >= 15 is 0 Å². The predicted molar refractivity (Wildman–Crippen MR) is 131 cm³/mol. The van der Waals surface area contributed by atoms with Gasteiger partial charge in [-0.3, -0.25) is 0 Å². The van der Waals surface area contributed by atoms with Crippen LogP contribution in [-0.4, -0.2) is 27.4 Å². The van der Waals surface area contributed by atoms with Gasteiger partial charge in [0.1, 0.15) is 6.61 Å². The van der Waals surface area contributed by atoms with Crippen molar-refractivity contribution in [2.75, 3.05) is 27.4 Å². The number of hydrogen-bond acceptors (Lipinski definition) is 5. The molecule has 0 unspecified atom stereocenters. The molecule has 6 heteroatoms. The van der Waals surface area contributed by atoms with Gasteiger partial charge in [-0.15, -0.1) is 0 Å². The first kappa shape index (κ1) is 24.0. The Bertz CT molecular complexity index is 995. The van der Waals surface area contributed by atoms with Gasteiger partial charge in [-0.25, -0.2) is 0 Å². The first-order valence-electron chi connectivity index (χ1n) is 10.7. The Morgan fingerprint density at radius 2 is 1.53 bits per heavy atom. The van der Waals surface area contributed by atoms with Crippen molar-refractivity contribution in [1.82, 2.24) is 5.32 Å². The predicted octanol–water partition coefficient (Wildman–Crippen LogP) is 5.78. The maximum Gasteiger partial charge on any atom is 0.162 e. The summed E-state index contributed by atoms with van der Waals surface area (Å²) in [6, 6.07) is 20.2. The highest BCUT2D eigenvalue weighted by atomic mass is 79.9. The van der Waals surface area contributed by atoms with Crippen molar-refractivity contribution in [3.8, 4) is 23.0 Å².